The summed E-state index contributed by atoms with van der Waals surface area (Å²) in [6, 6.07) is 3.82. The van der Waals surface area contributed by atoms with E-state index in [0.717, 1.165) is 19.4 Å². The van der Waals surface area contributed by atoms with E-state index in [4.69, 9.17) is 5.84 Å². The Hall–Kier alpha value is -1.62. The van der Waals surface area contributed by atoms with Gasteiger partial charge in [0.1, 0.15) is 5.69 Å². The summed E-state index contributed by atoms with van der Waals surface area (Å²) >= 11 is 0. The van der Waals surface area contributed by atoms with Gasteiger partial charge in [-0.3, -0.25) is 10.6 Å². The van der Waals surface area contributed by atoms with E-state index < -0.39 is 0 Å². The minimum Gasteiger partial charge on any atom is -0.334 e. The largest absolute Gasteiger partial charge is 0.334 e. The highest BCUT2D eigenvalue weighted by molar-refractivity contribution is 5.92. The van der Waals surface area contributed by atoms with Gasteiger partial charge in [-0.15, -0.1) is 0 Å². The van der Waals surface area contributed by atoms with Gasteiger partial charge in [-0.2, -0.15) is 0 Å². The molecule has 1 saturated heterocycles. The normalized spacial score (nSPS) is 19.3. The van der Waals surface area contributed by atoms with Crippen LogP contribution in [-0.4, -0.2) is 28.4 Å². The van der Waals surface area contributed by atoms with Crippen LogP contribution in [0, 0.1) is 5.92 Å². The molecule has 1 aromatic heterocycles. The molecule has 3 N–H and O–H groups in total. The number of nitrogens with two attached hydrogens (primary N) is 1. The van der Waals surface area contributed by atoms with E-state index in [2.05, 4.69) is 24.3 Å². The third-order valence-corrected chi connectivity index (χ3v) is 3.48. The number of hydrogen-bond donors (Lipinski definition) is 2. The minimum atomic E-state index is 0.0229. The van der Waals surface area contributed by atoms with Gasteiger partial charge >= 0.3 is 0 Å². The molecule has 1 amide bonds. The third kappa shape index (κ3) is 2.46. The molecule has 1 atom stereocenters. The molecule has 1 aliphatic rings. The Morgan fingerprint density at radius 1 is 1.56 bits per heavy atom. The highest BCUT2D eigenvalue weighted by atomic mass is 16.2. The maximum atomic E-state index is 12.4. The van der Waals surface area contributed by atoms with Crippen molar-refractivity contribution in [3.63, 3.8) is 0 Å². The second-order valence-corrected chi connectivity index (χ2v) is 5.03. The van der Waals surface area contributed by atoms with E-state index in [1.807, 2.05) is 4.90 Å². The van der Waals surface area contributed by atoms with Crippen molar-refractivity contribution in [2.75, 3.05) is 12.0 Å². The van der Waals surface area contributed by atoms with E-state index in [0.29, 0.717) is 23.3 Å². The molecule has 0 bridgehead atoms. The van der Waals surface area contributed by atoms with Crippen LogP contribution in [0.3, 0.4) is 0 Å². The number of carbonyl (C=O) groups excluding carboxylic acids is 1. The lowest BCUT2D eigenvalue weighted by atomic mass is 10.0. The Morgan fingerprint density at radius 2 is 2.33 bits per heavy atom. The first kappa shape index (κ1) is 12.8. The lowest BCUT2D eigenvalue weighted by Gasteiger charge is -2.27. The molecule has 2 rings (SSSR count). The summed E-state index contributed by atoms with van der Waals surface area (Å²) in [7, 11) is 0. The Labute approximate surface area is 107 Å². The highest BCUT2D eigenvalue weighted by Crippen LogP contribution is 2.25. The van der Waals surface area contributed by atoms with Gasteiger partial charge in [-0.05, 0) is 30.9 Å². The van der Waals surface area contributed by atoms with Gasteiger partial charge in [0, 0.05) is 12.6 Å². The van der Waals surface area contributed by atoms with Crippen LogP contribution in [0.4, 0.5) is 5.69 Å². The van der Waals surface area contributed by atoms with Crippen molar-refractivity contribution in [3.05, 3.63) is 24.0 Å². The summed E-state index contributed by atoms with van der Waals surface area (Å²) in [4.78, 5) is 18.5. The number of pyridine rings is 1. The summed E-state index contributed by atoms with van der Waals surface area (Å²) < 4.78 is 0. The number of nitrogens with one attached hydrogen (secondary N) is 1. The highest BCUT2D eigenvalue weighted by Gasteiger charge is 2.31. The van der Waals surface area contributed by atoms with E-state index in [1.165, 1.54) is 0 Å². The number of anilines is 1. The van der Waals surface area contributed by atoms with E-state index in [9.17, 15) is 4.79 Å². The molecule has 0 radical (unpaired) electrons. The zero-order valence-corrected chi connectivity index (χ0v) is 10.9. The maximum Gasteiger partial charge on any atom is 0.272 e. The minimum absolute atomic E-state index is 0.0229. The van der Waals surface area contributed by atoms with Crippen molar-refractivity contribution in [1.82, 2.24) is 9.88 Å². The topological polar surface area (TPSA) is 71.2 Å². The van der Waals surface area contributed by atoms with Crippen molar-refractivity contribution < 1.29 is 4.79 Å². The smallest absolute Gasteiger partial charge is 0.272 e. The predicted molar refractivity (Wildman–Crippen MR) is 70.9 cm³/mol. The fourth-order valence-electron chi connectivity index (χ4n) is 2.49. The van der Waals surface area contributed by atoms with Crippen LogP contribution >= 0.6 is 0 Å². The molecule has 0 spiro atoms. The third-order valence-electron chi connectivity index (χ3n) is 3.48. The van der Waals surface area contributed by atoms with Crippen LogP contribution in [0.2, 0.25) is 0 Å². The fourth-order valence-corrected chi connectivity index (χ4v) is 2.49. The summed E-state index contributed by atoms with van der Waals surface area (Å²) in [6.45, 7) is 5.15. The van der Waals surface area contributed by atoms with Crippen molar-refractivity contribution in [3.8, 4) is 0 Å². The van der Waals surface area contributed by atoms with Gasteiger partial charge in [-0.1, -0.05) is 13.8 Å². The standard InChI is InChI=1S/C13H20N4O/c1-9(2)12-4-3-7-17(12)13(18)11-6-5-10(16-14)8-15-11/h5-6,8-9,12,16H,3-4,7,14H2,1-2H3. The van der Waals surface area contributed by atoms with Crippen LogP contribution in [0.1, 0.15) is 37.2 Å². The number of rotatable bonds is 3. The summed E-state index contributed by atoms with van der Waals surface area (Å²) in [5.74, 6) is 5.78. The molecule has 1 aromatic rings. The first-order valence-corrected chi connectivity index (χ1v) is 6.37. The first-order valence-electron chi connectivity index (χ1n) is 6.37. The lowest BCUT2D eigenvalue weighted by molar-refractivity contribution is 0.0695. The van der Waals surface area contributed by atoms with Crippen LogP contribution in [-0.2, 0) is 0 Å². The molecule has 18 heavy (non-hydrogen) atoms. The number of carbonyl (C=O) groups is 1. The molecule has 1 aliphatic heterocycles. The maximum absolute atomic E-state index is 12.4. The van der Waals surface area contributed by atoms with Crippen LogP contribution < -0.4 is 11.3 Å². The number of hydrogen-bond acceptors (Lipinski definition) is 4. The van der Waals surface area contributed by atoms with Crippen LogP contribution in [0.5, 0.6) is 0 Å². The molecule has 98 valence electrons. The summed E-state index contributed by atoms with van der Waals surface area (Å²) in [6.07, 6.45) is 3.75. The Bertz CT molecular complexity index is 416. The van der Waals surface area contributed by atoms with Gasteiger partial charge in [0.05, 0.1) is 11.9 Å². The molecule has 0 aliphatic carbocycles. The van der Waals surface area contributed by atoms with Crippen LogP contribution in [0.15, 0.2) is 18.3 Å². The molecular weight excluding hydrogens is 228 g/mol. The van der Waals surface area contributed by atoms with Crippen molar-refractivity contribution in [1.29, 1.82) is 0 Å². The number of nitrogens with zero attached hydrogens (tertiary/aromatic N) is 2. The number of likely N-dealkylation sites (tertiary alicyclic amines) is 1. The fraction of sp³-hybridized carbons (Fsp3) is 0.538. The SMILES string of the molecule is CC(C)C1CCCN1C(=O)c1ccc(NN)cn1. The van der Waals surface area contributed by atoms with Gasteiger partial charge < -0.3 is 10.3 Å². The average molecular weight is 248 g/mol. The monoisotopic (exact) mass is 248 g/mol. The zero-order valence-electron chi connectivity index (χ0n) is 10.9. The molecule has 1 fully saturated rings. The number of amides is 1. The van der Waals surface area contributed by atoms with Crippen molar-refractivity contribution >= 4 is 11.6 Å². The molecule has 1 unspecified atom stereocenters. The first-order chi connectivity index (χ1) is 8.63. The number of aromatic nitrogens is 1. The van der Waals surface area contributed by atoms with Gasteiger partial charge in [-0.25, -0.2) is 4.98 Å². The van der Waals surface area contributed by atoms with E-state index >= 15 is 0 Å². The summed E-state index contributed by atoms with van der Waals surface area (Å²) in [5.41, 5.74) is 3.69. The summed E-state index contributed by atoms with van der Waals surface area (Å²) in [5, 5.41) is 0. The Kier molecular flexibility index (Phi) is 3.81. The second-order valence-electron chi connectivity index (χ2n) is 5.03. The predicted octanol–water partition coefficient (Wildman–Crippen LogP) is 1.63. The second kappa shape index (κ2) is 5.35. The number of hydrazine groups is 1. The quantitative estimate of drug-likeness (QED) is 0.630. The molecule has 0 aromatic carbocycles. The average Bonchev–Trinajstić information content (AvgIpc) is 2.87. The van der Waals surface area contributed by atoms with Crippen molar-refractivity contribution in [2.24, 2.45) is 11.8 Å². The molecule has 0 saturated carbocycles. The Morgan fingerprint density at radius 3 is 2.89 bits per heavy atom. The van der Waals surface area contributed by atoms with E-state index in [1.54, 1.807) is 18.3 Å². The van der Waals surface area contributed by atoms with Gasteiger partial charge in [0.25, 0.3) is 5.91 Å². The van der Waals surface area contributed by atoms with Gasteiger partial charge in [0.2, 0.25) is 0 Å². The lowest BCUT2D eigenvalue weighted by Crippen LogP contribution is -2.38. The molecule has 5 nitrogen and oxygen atoms in total. The Balaban J connectivity index is 2.14. The molecule has 2 heterocycles. The van der Waals surface area contributed by atoms with E-state index in [-0.39, 0.29) is 5.91 Å². The van der Waals surface area contributed by atoms with Crippen molar-refractivity contribution in [2.45, 2.75) is 32.7 Å². The molecule has 5 heteroatoms. The zero-order chi connectivity index (χ0) is 13.1. The molecular formula is C13H20N4O. The number of nitrogen functional groups attached to an aromatic ring is 1. The van der Waals surface area contributed by atoms with Gasteiger partial charge in [0.15, 0.2) is 0 Å². The van der Waals surface area contributed by atoms with Crippen LogP contribution in [0.25, 0.3) is 0 Å².